The Bertz CT molecular complexity index is 575. The molecule has 0 aliphatic carbocycles. The number of hydrogen-bond donors (Lipinski definition) is 1. The van der Waals surface area contributed by atoms with Gasteiger partial charge in [0, 0.05) is 12.3 Å². The lowest BCUT2D eigenvalue weighted by Crippen LogP contribution is -2.43. The molecule has 0 fully saturated rings. The first-order chi connectivity index (χ1) is 11.7. The lowest BCUT2D eigenvalue weighted by Gasteiger charge is -2.28. The van der Waals surface area contributed by atoms with E-state index in [0.717, 1.165) is 12.5 Å². The Balaban J connectivity index is 3.06. The van der Waals surface area contributed by atoms with E-state index in [9.17, 15) is 18.0 Å². The second-order valence-electron chi connectivity index (χ2n) is 5.93. The summed E-state index contributed by atoms with van der Waals surface area (Å²) in [5.41, 5.74) is -1.94. The molecule has 25 heavy (non-hydrogen) atoms. The number of rotatable bonds is 9. The molecule has 0 unspecified atom stereocenters. The van der Waals surface area contributed by atoms with Crippen molar-refractivity contribution in [2.24, 2.45) is 0 Å². The molecule has 0 bridgehead atoms. The van der Waals surface area contributed by atoms with Crippen molar-refractivity contribution in [3.05, 3.63) is 23.8 Å². The summed E-state index contributed by atoms with van der Waals surface area (Å²) in [5.74, 6) is -0.716. The van der Waals surface area contributed by atoms with E-state index < -0.39 is 23.2 Å². The van der Waals surface area contributed by atoms with Crippen LogP contribution in [0.5, 0.6) is 5.75 Å². The van der Waals surface area contributed by atoms with Gasteiger partial charge in [0.15, 0.2) is 0 Å². The van der Waals surface area contributed by atoms with Gasteiger partial charge in [-0.1, -0.05) is 20.3 Å². The lowest BCUT2D eigenvalue weighted by atomic mass is 9.98. The molecule has 1 aromatic rings. The molecule has 0 aliphatic heterocycles. The first-order valence-corrected chi connectivity index (χ1v) is 8.47. The third-order valence-electron chi connectivity index (χ3n) is 3.67. The standard InChI is InChI=1S/C18H26F3NO3/c1-5-10-17(4,25-11-6-2)16(23)22-13-8-9-15(24-7-3)14(12-13)18(19,20)21/h8-9,12H,5-7,10-11H2,1-4H3,(H,22,23)/t17-/m0/s1. The van der Waals surface area contributed by atoms with Crippen LogP contribution in [-0.4, -0.2) is 24.7 Å². The van der Waals surface area contributed by atoms with Gasteiger partial charge in [0.2, 0.25) is 0 Å². The summed E-state index contributed by atoms with van der Waals surface area (Å²) in [4.78, 5) is 12.6. The second-order valence-corrected chi connectivity index (χ2v) is 5.93. The SMILES string of the molecule is CCCO[C@@](C)(CCC)C(=O)Nc1ccc(OCC)c(C(F)(F)F)c1. The van der Waals surface area contributed by atoms with Crippen LogP contribution in [0.25, 0.3) is 0 Å². The minimum Gasteiger partial charge on any atom is -0.493 e. The number of alkyl halides is 3. The Kier molecular flexibility index (Phi) is 7.73. The van der Waals surface area contributed by atoms with Crippen LogP contribution >= 0.6 is 0 Å². The average molecular weight is 361 g/mol. The number of ether oxygens (including phenoxy) is 2. The predicted molar refractivity (Wildman–Crippen MR) is 90.8 cm³/mol. The van der Waals surface area contributed by atoms with Crippen LogP contribution in [-0.2, 0) is 15.7 Å². The number of halogens is 3. The zero-order valence-electron chi connectivity index (χ0n) is 15.1. The van der Waals surface area contributed by atoms with Crippen LogP contribution in [0.3, 0.4) is 0 Å². The molecule has 1 rings (SSSR count). The van der Waals surface area contributed by atoms with Crippen molar-refractivity contribution in [3.63, 3.8) is 0 Å². The zero-order valence-corrected chi connectivity index (χ0v) is 15.1. The van der Waals surface area contributed by atoms with Crippen LogP contribution in [0.15, 0.2) is 18.2 Å². The van der Waals surface area contributed by atoms with Gasteiger partial charge in [-0.25, -0.2) is 0 Å². The third kappa shape index (κ3) is 5.92. The number of carbonyl (C=O) groups excluding carboxylic acids is 1. The first-order valence-electron chi connectivity index (χ1n) is 8.47. The van der Waals surface area contributed by atoms with Crippen LogP contribution < -0.4 is 10.1 Å². The quantitative estimate of drug-likeness (QED) is 0.671. The van der Waals surface area contributed by atoms with E-state index in [2.05, 4.69) is 5.32 Å². The molecule has 0 radical (unpaired) electrons. The number of nitrogens with one attached hydrogen (secondary N) is 1. The molecule has 1 aromatic carbocycles. The van der Waals surface area contributed by atoms with Gasteiger partial charge in [0.1, 0.15) is 11.4 Å². The molecule has 1 N–H and O–H groups in total. The molecular weight excluding hydrogens is 335 g/mol. The highest BCUT2D eigenvalue weighted by Gasteiger charge is 2.36. The van der Waals surface area contributed by atoms with E-state index in [1.165, 1.54) is 12.1 Å². The summed E-state index contributed by atoms with van der Waals surface area (Å²) in [6.45, 7) is 7.62. The summed E-state index contributed by atoms with van der Waals surface area (Å²) in [6, 6.07) is 3.49. The largest absolute Gasteiger partial charge is 0.493 e. The molecule has 1 atom stereocenters. The van der Waals surface area contributed by atoms with Crippen LogP contribution in [0.1, 0.15) is 52.5 Å². The van der Waals surface area contributed by atoms with Gasteiger partial charge in [-0.15, -0.1) is 0 Å². The van der Waals surface area contributed by atoms with Gasteiger partial charge >= 0.3 is 6.18 Å². The number of amides is 1. The highest BCUT2D eigenvalue weighted by atomic mass is 19.4. The van der Waals surface area contributed by atoms with Crippen molar-refractivity contribution in [2.45, 2.75) is 58.7 Å². The number of benzene rings is 1. The minimum atomic E-state index is -4.57. The Morgan fingerprint density at radius 1 is 1.16 bits per heavy atom. The molecule has 0 saturated heterocycles. The molecule has 7 heteroatoms. The van der Waals surface area contributed by atoms with E-state index in [4.69, 9.17) is 9.47 Å². The Hall–Kier alpha value is -1.76. The van der Waals surface area contributed by atoms with Gasteiger partial charge in [-0.3, -0.25) is 4.79 Å². The van der Waals surface area contributed by atoms with Crippen LogP contribution in [0, 0.1) is 0 Å². The van der Waals surface area contributed by atoms with E-state index in [0.29, 0.717) is 19.4 Å². The summed E-state index contributed by atoms with van der Waals surface area (Å²) in [7, 11) is 0. The smallest absolute Gasteiger partial charge is 0.420 e. The summed E-state index contributed by atoms with van der Waals surface area (Å²) in [5, 5.41) is 2.54. The van der Waals surface area contributed by atoms with Crippen molar-refractivity contribution >= 4 is 11.6 Å². The molecular formula is C18H26F3NO3. The predicted octanol–water partition coefficient (Wildman–Crippen LogP) is 5.03. The van der Waals surface area contributed by atoms with E-state index >= 15 is 0 Å². The van der Waals surface area contributed by atoms with E-state index in [1.807, 2.05) is 13.8 Å². The highest BCUT2D eigenvalue weighted by Crippen LogP contribution is 2.38. The summed E-state index contributed by atoms with van der Waals surface area (Å²) in [6.07, 6.45) is -2.64. The molecule has 0 spiro atoms. The Labute approximate surface area is 146 Å². The number of hydrogen-bond acceptors (Lipinski definition) is 3. The molecule has 0 saturated carbocycles. The Morgan fingerprint density at radius 2 is 1.84 bits per heavy atom. The zero-order chi connectivity index (χ0) is 19.1. The number of carbonyl (C=O) groups is 1. The molecule has 1 amide bonds. The molecule has 0 aliphatic rings. The minimum absolute atomic E-state index is 0.0585. The van der Waals surface area contributed by atoms with Gasteiger partial charge in [0.05, 0.1) is 12.2 Å². The van der Waals surface area contributed by atoms with Crippen LogP contribution in [0.2, 0.25) is 0 Å². The van der Waals surface area contributed by atoms with Crippen molar-refractivity contribution in [3.8, 4) is 5.75 Å². The fraction of sp³-hybridized carbons (Fsp3) is 0.611. The maximum Gasteiger partial charge on any atom is 0.420 e. The first kappa shape index (κ1) is 21.3. The maximum atomic E-state index is 13.2. The van der Waals surface area contributed by atoms with Crippen molar-refractivity contribution < 1.29 is 27.4 Å². The third-order valence-corrected chi connectivity index (χ3v) is 3.67. The van der Waals surface area contributed by atoms with Crippen LogP contribution in [0.4, 0.5) is 18.9 Å². The lowest BCUT2D eigenvalue weighted by molar-refractivity contribution is -0.141. The molecule has 0 heterocycles. The summed E-state index contributed by atoms with van der Waals surface area (Å²) < 4.78 is 50.3. The van der Waals surface area contributed by atoms with Gasteiger partial charge in [-0.2, -0.15) is 13.2 Å². The topological polar surface area (TPSA) is 47.6 Å². The average Bonchev–Trinajstić information content (AvgIpc) is 2.53. The maximum absolute atomic E-state index is 13.2. The highest BCUT2D eigenvalue weighted by molar-refractivity contribution is 5.97. The van der Waals surface area contributed by atoms with Gasteiger partial charge in [-0.05, 0) is 44.9 Å². The fourth-order valence-electron chi connectivity index (χ4n) is 2.43. The molecule has 0 aromatic heterocycles. The normalized spacial score (nSPS) is 14.0. The van der Waals surface area contributed by atoms with Crippen molar-refractivity contribution in [1.82, 2.24) is 0 Å². The van der Waals surface area contributed by atoms with Crippen molar-refractivity contribution in [1.29, 1.82) is 0 Å². The Morgan fingerprint density at radius 3 is 2.36 bits per heavy atom. The molecule has 4 nitrogen and oxygen atoms in total. The monoisotopic (exact) mass is 361 g/mol. The second kappa shape index (κ2) is 9.08. The number of anilines is 1. The fourth-order valence-corrected chi connectivity index (χ4v) is 2.43. The van der Waals surface area contributed by atoms with E-state index in [1.54, 1.807) is 13.8 Å². The van der Waals surface area contributed by atoms with E-state index in [-0.39, 0.29) is 18.0 Å². The summed E-state index contributed by atoms with van der Waals surface area (Å²) >= 11 is 0. The molecule has 142 valence electrons. The van der Waals surface area contributed by atoms with Gasteiger partial charge < -0.3 is 14.8 Å². The van der Waals surface area contributed by atoms with Crippen molar-refractivity contribution in [2.75, 3.05) is 18.5 Å². The van der Waals surface area contributed by atoms with Gasteiger partial charge in [0.25, 0.3) is 5.91 Å².